The summed E-state index contributed by atoms with van der Waals surface area (Å²) in [4.78, 5) is 19.5. The number of anilines is 1. The highest BCUT2D eigenvalue weighted by molar-refractivity contribution is 7.92. The minimum Gasteiger partial charge on any atom is -0.354 e. The number of hydrogen-bond donors (Lipinski definition) is 2. The van der Waals surface area contributed by atoms with Crippen LogP contribution in [0.4, 0.5) is 14.5 Å². The highest BCUT2D eigenvalue weighted by Crippen LogP contribution is 2.31. The lowest BCUT2D eigenvalue weighted by Gasteiger charge is -2.13. The second kappa shape index (κ2) is 8.37. The number of rotatable bonds is 5. The summed E-state index contributed by atoms with van der Waals surface area (Å²) in [5.41, 5.74) is -0.643. The Morgan fingerprint density at radius 1 is 1.15 bits per heavy atom. The number of benzene rings is 1. The first-order valence-electron chi connectivity index (χ1n) is 9.32. The van der Waals surface area contributed by atoms with E-state index in [1.165, 1.54) is 49.2 Å². The van der Waals surface area contributed by atoms with Crippen molar-refractivity contribution in [3.05, 3.63) is 70.9 Å². The first-order chi connectivity index (χ1) is 15.6. The second-order valence-corrected chi connectivity index (χ2v) is 8.93. The van der Waals surface area contributed by atoms with Crippen molar-refractivity contribution in [2.24, 2.45) is 0 Å². The van der Waals surface area contributed by atoms with E-state index in [9.17, 15) is 17.6 Å². The number of nitrogens with one attached hydrogen (secondary N) is 2. The van der Waals surface area contributed by atoms with Crippen molar-refractivity contribution < 1.29 is 22.0 Å². The third kappa shape index (κ3) is 4.10. The van der Waals surface area contributed by atoms with E-state index in [0.717, 1.165) is 12.1 Å². The van der Waals surface area contributed by atoms with Gasteiger partial charge in [0.1, 0.15) is 17.0 Å². The summed E-state index contributed by atoms with van der Waals surface area (Å²) in [7, 11) is -2.85. The van der Waals surface area contributed by atoms with Crippen molar-refractivity contribution >= 4 is 38.7 Å². The Labute approximate surface area is 191 Å². The maximum atomic E-state index is 15.3. The van der Waals surface area contributed by atoms with E-state index in [-0.39, 0.29) is 27.0 Å². The highest BCUT2D eigenvalue weighted by atomic mass is 35.5. The summed E-state index contributed by atoms with van der Waals surface area (Å²) >= 11 is 5.84. The van der Waals surface area contributed by atoms with Gasteiger partial charge in [0.25, 0.3) is 15.9 Å². The molecule has 170 valence electrons. The summed E-state index contributed by atoms with van der Waals surface area (Å²) in [6.07, 6.45) is 2.50. The maximum Gasteiger partial charge on any atom is 0.271 e. The number of aromatic nitrogens is 4. The molecule has 3 heterocycles. The molecule has 0 atom stereocenters. The lowest BCUT2D eigenvalue weighted by molar-refractivity contribution is 0.0960. The van der Waals surface area contributed by atoms with Crippen LogP contribution in [0.3, 0.4) is 0 Å². The van der Waals surface area contributed by atoms with Crippen LogP contribution in [0, 0.1) is 18.6 Å². The predicted octanol–water partition coefficient (Wildman–Crippen LogP) is 3.19. The normalized spacial score (nSPS) is 11.5. The molecule has 0 aliphatic heterocycles. The number of sulfonamides is 1. The van der Waals surface area contributed by atoms with Crippen molar-refractivity contribution in [3.63, 3.8) is 0 Å². The maximum absolute atomic E-state index is 15.3. The second-order valence-electron chi connectivity index (χ2n) is 6.85. The number of amides is 1. The van der Waals surface area contributed by atoms with Crippen LogP contribution in [-0.2, 0) is 10.0 Å². The van der Waals surface area contributed by atoms with Gasteiger partial charge in [0, 0.05) is 13.2 Å². The fourth-order valence-electron chi connectivity index (χ4n) is 3.15. The van der Waals surface area contributed by atoms with Gasteiger partial charge in [0.15, 0.2) is 11.5 Å². The Morgan fingerprint density at radius 2 is 1.91 bits per heavy atom. The zero-order valence-corrected chi connectivity index (χ0v) is 18.7. The largest absolute Gasteiger partial charge is 0.354 e. The fraction of sp³-hybridized carbons (Fsp3) is 0.100. The molecule has 33 heavy (non-hydrogen) atoms. The smallest absolute Gasteiger partial charge is 0.271 e. The molecule has 4 aromatic rings. The summed E-state index contributed by atoms with van der Waals surface area (Å²) in [6.45, 7) is 1.45. The van der Waals surface area contributed by atoms with E-state index in [4.69, 9.17) is 11.6 Å². The van der Waals surface area contributed by atoms with Gasteiger partial charge in [-0.05, 0) is 37.3 Å². The quantitative estimate of drug-likeness (QED) is 0.441. The molecule has 4 rings (SSSR count). The average Bonchev–Trinajstić information content (AvgIpc) is 3.20. The zero-order valence-electron chi connectivity index (χ0n) is 17.1. The minimum atomic E-state index is -4.28. The van der Waals surface area contributed by atoms with Gasteiger partial charge in [-0.1, -0.05) is 11.6 Å². The molecule has 3 aromatic heterocycles. The van der Waals surface area contributed by atoms with Crippen molar-refractivity contribution in [3.8, 4) is 11.3 Å². The number of fused-ring (bicyclic) bond motifs is 1. The number of imidazole rings is 1. The Balaban J connectivity index is 1.78. The van der Waals surface area contributed by atoms with Crippen LogP contribution >= 0.6 is 11.6 Å². The number of halogens is 3. The first kappa shape index (κ1) is 22.6. The van der Waals surface area contributed by atoms with Gasteiger partial charge < -0.3 is 5.32 Å². The number of carbonyl (C=O) groups excluding carboxylic acids is 1. The summed E-state index contributed by atoms with van der Waals surface area (Å²) in [5.74, 6) is -2.59. The summed E-state index contributed by atoms with van der Waals surface area (Å²) in [6, 6.07) is 5.77. The number of aryl methyl sites for hydroxylation is 1. The van der Waals surface area contributed by atoms with Gasteiger partial charge >= 0.3 is 0 Å². The zero-order chi connectivity index (χ0) is 23.9. The highest BCUT2D eigenvalue weighted by Gasteiger charge is 2.24. The fourth-order valence-corrected chi connectivity index (χ4v) is 4.65. The molecule has 0 unspecified atom stereocenters. The third-order valence-corrected chi connectivity index (χ3v) is 6.42. The van der Waals surface area contributed by atoms with Crippen LogP contribution < -0.4 is 10.0 Å². The molecule has 0 spiro atoms. The summed E-state index contributed by atoms with van der Waals surface area (Å²) in [5, 5.41) is 6.63. The topological polar surface area (TPSA) is 118 Å². The number of nitrogens with zero attached hydrogens (tertiary/aromatic N) is 4. The Hall–Kier alpha value is -3.64. The van der Waals surface area contributed by atoms with Gasteiger partial charge in [0.2, 0.25) is 0 Å². The summed E-state index contributed by atoms with van der Waals surface area (Å²) < 4.78 is 58.8. The molecule has 9 nitrogen and oxygen atoms in total. The molecule has 0 aliphatic rings. The molecular formula is C20H15ClF2N6O3S. The monoisotopic (exact) mass is 492 g/mol. The molecule has 0 bridgehead atoms. The van der Waals surface area contributed by atoms with E-state index in [2.05, 4.69) is 25.1 Å². The molecule has 1 amide bonds. The molecule has 0 fully saturated rings. The number of carbonyl (C=O) groups is 1. The van der Waals surface area contributed by atoms with E-state index in [1.54, 1.807) is 0 Å². The Bertz CT molecular complexity index is 1520. The van der Waals surface area contributed by atoms with Crippen molar-refractivity contribution in [2.75, 3.05) is 11.8 Å². The van der Waals surface area contributed by atoms with E-state index in [0.29, 0.717) is 5.52 Å². The molecule has 0 saturated heterocycles. The average molecular weight is 493 g/mol. The molecular weight excluding hydrogens is 478 g/mol. The van der Waals surface area contributed by atoms with Crippen LogP contribution in [0.5, 0.6) is 0 Å². The molecule has 0 radical (unpaired) electrons. The van der Waals surface area contributed by atoms with Crippen LogP contribution in [0.25, 0.3) is 16.8 Å². The lowest BCUT2D eigenvalue weighted by Crippen LogP contribution is -2.18. The van der Waals surface area contributed by atoms with Crippen molar-refractivity contribution in [1.29, 1.82) is 0 Å². The minimum absolute atomic E-state index is 0.0789. The first-order valence-corrected chi connectivity index (χ1v) is 11.2. The van der Waals surface area contributed by atoms with Crippen LogP contribution in [0.15, 0.2) is 47.8 Å². The lowest BCUT2D eigenvalue weighted by atomic mass is 10.1. The van der Waals surface area contributed by atoms with Crippen molar-refractivity contribution in [2.45, 2.75) is 11.8 Å². The third-order valence-electron chi connectivity index (χ3n) is 4.73. The van der Waals surface area contributed by atoms with Gasteiger partial charge in [-0.3, -0.25) is 14.5 Å². The van der Waals surface area contributed by atoms with Crippen molar-refractivity contribution in [1.82, 2.24) is 24.9 Å². The number of pyridine rings is 1. The SMILES string of the molecule is CNC(=O)c1ncn2nc(-c3c(F)ccc(NS(=O)(=O)c4cc(Cl)cnc4C)c3F)ccc12. The van der Waals surface area contributed by atoms with Gasteiger partial charge in [-0.15, -0.1) is 0 Å². The van der Waals surface area contributed by atoms with Crippen LogP contribution in [-0.4, -0.2) is 41.0 Å². The molecule has 2 N–H and O–H groups in total. The van der Waals surface area contributed by atoms with Crippen LogP contribution in [0.1, 0.15) is 16.2 Å². The molecule has 13 heteroatoms. The van der Waals surface area contributed by atoms with E-state index < -0.39 is 38.8 Å². The number of hydrogen-bond acceptors (Lipinski definition) is 6. The van der Waals surface area contributed by atoms with Crippen LogP contribution in [0.2, 0.25) is 5.02 Å². The Kier molecular flexibility index (Phi) is 5.72. The van der Waals surface area contributed by atoms with Gasteiger partial charge in [-0.25, -0.2) is 26.7 Å². The molecule has 0 aliphatic carbocycles. The Morgan fingerprint density at radius 3 is 2.64 bits per heavy atom. The standard InChI is InChI=1S/C20H15ClF2N6O3S/c1-10-16(7-11(21)8-25-10)33(31,32)28-14-4-3-12(22)17(18(14)23)13-5-6-15-19(20(30)24-2)26-9-29(15)27-13/h3-9,28H,1-2H3,(H,24,30). The van der Waals surface area contributed by atoms with Gasteiger partial charge in [0.05, 0.1) is 33.2 Å². The molecule has 0 saturated carbocycles. The van der Waals surface area contributed by atoms with Gasteiger partial charge in [-0.2, -0.15) is 5.10 Å². The molecule has 1 aromatic carbocycles. The van der Waals surface area contributed by atoms with E-state index in [1.807, 2.05) is 0 Å². The van der Waals surface area contributed by atoms with E-state index >= 15 is 4.39 Å². The predicted molar refractivity (Wildman–Crippen MR) is 117 cm³/mol.